The van der Waals surface area contributed by atoms with E-state index in [0.717, 1.165) is 28.2 Å². The summed E-state index contributed by atoms with van der Waals surface area (Å²) in [6.07, 6.45) is 3.26. The minimum Gasteiger partial charge on any atom is -0.356 e. The molecule has 0 amide bonds. The summed E-state index contributed by atoms with van der Waals surface area (Å²) in [4.78, 5) is 11.8. The first-order valence-corrected chi connectivity index (χ1v) is 8.41. The van der Waals surface area contributed by atoms with Crippen molar-refractivity contribution in [2.45, 2.75) is 19.4 Å². The third-order valence-corrected chi connectivity index (χ3v) is 4.63. The highest BCUT2D eigenvalue weighted by Crippen LogP contribution is 2.29. The van der Waals surface area contributed by atoms with E-state index >= 15 is 0 Å². The number of thioether (sulfide) groups is 1. The van der Waals surface area contributed by atoms with E-state index in [1.54, 1.807) is 11.3 Å². The van der Waals surface area contributed by atoms with Crippen LogP contribution in [-0.2, 0) is 0 Å². The summed E-state index contributed by atoms with van der Waals surface area (Å²) in [6, 6.07) is 2.50. The van der Waals surface area contributed by atoms with E-state index in [0.29, 0.717) is 11.3 Å². The van der Waals surface area contributed by atoms with Crippen molar-refractivity contribution in [1.82, 2.24) is 9.97 Å². The standard InChI is InChI=1S/C12H16ClN3S2/c1-8(4-6-17-3)16(2)10-9-5-7-18-11(9)15-12(13)14-10/h5,7-8H,4,6H2,1-3H3. The first-order valence-electron chi connectivity index (χ1n) is 5.76. The van der Waals surface area contributed by atoms with Crippen LogP contribution in [0.2, 0.25) is 5.28 Å². The molecule has 0 aromatic carbocycles. The molecule has 3 nitrogen and oxygen atoms in total. The van der Waals surface area contributed by atoms with Gasteiger partial charge in [-0.1, -0.05) is 0 Å². The van der Waals surface area contributed by atoms with Gasteiger partial charge >= 0.3 is 0 Å². The number of hydrogen-bond donors (Lipinski definition) is 0. The second-order valence-electron chi connectivity index (χ2n) is 4.20. The Kier molecular flexibility index (Phi) is 4.70. The molecule has 0 N–H and O–H groups in total. The molecule has 0 spiro atoms. The Bertz CT molecular complexity index is 529. The number of hydrogen-bond acceptors (Lipinski definition) is 5. The maximum Gasteiger partial charge on any atom is 0.225 e. The van der Waals surface area contributed by atoms with Gasteiger partial charge in [0.1, 0.15) is 10.6 Å². The third kappa shape index (κ3) is 2.90. The van der Waals surface area contributed by atoms with Crippen LogP contribution in [0.3, 0.4) is 0 Å². The van der Waals surface area contributed by atoms with Crippen molar-refractivity contribution < 1.29 is 0 Å². The Morgan fingerprint density at radius 1 is 1.50 bits per heavy atom. The Morgan fingerprint density at radius 3 is 3.00 bits per heavy atom. The van der Waals surface area contributed by atoms with Crippen LogP contribution < -0.4 is 4.90 Å². The number of fused-ring (bicyclic) bond motifs is 1. The number of aromatic nitrogens is 2. The van der Waals surface area contributed by atoms with E-state index in [1.165, 1.54) is 0 Å². The summed E-state index contributed by atoms with van der Waals surface area (Å²) >= 11 is 9.45. The molecule has 0 radical (unpaired) electrons. The van der Waals surface area contributed by atoms with E-state index in [-0.39, 0.29) is 0 Å². The van der Waals surface area contributed by atoms with Crippen LogP contribution >= 0.6 is 34.7 Å². The lowest BCUT2D eigenvalue weighted by atomic mass is 10.2. The zero-order valence-electron chi connectivity index (χ0n) is 10.7. The number of anilines is 1. The predicted octanol–water partition coefficient (Wildman–Crippen LogP) is 3.92. The Hall–Kier alpha value is -0.520. The molecule has 0 aliphatic rings. The SMILES string of the molecule is CSCCC(C)N(C)c1nc(Cl)nc2sccc12. The fourth-order valence-electron chi connectivity index (χ4n) is 1.77. The summed E-state index contributed by atoms with van der Waals surface area (Å²) in [7, 11) is 2.07. The molecule has 1 atom stereocenters. The average molecular weight is 302 g/mol. The fourth-order valence-corrected chi connectivity index (χ4v) is 3.32. The van der Waals surface area contributed by atoms with E-state index in [2.05, 4.69) is 41.2 Å². The minimum absolute atomic E-state index is 0.323. The van der Waals surface area contributed by atoms with Crippen LogP contribution in [0.5, 0.6) is 0 Å². The molecule has 18 heavy (non-hydrogen) atoms. The topological polar surface area (TPSA) is 29.0 Å². The quantitative estimate of drug-likeness (QED) is 0.783. The largest absolute Gasteiger partial charge is 0.356 e. The van der Waals surface area contributed by atoms with Gasteiger partial charge in [-0.2, -0.15) is 16.7 Å². The molecular weight excluding hydrogens is 286 g/mol. The number of rotatable bonds is 5. The smallest absolute Gasteiger partial charge is 0.225 e. The van der Waals surface area contributed by atoms with Gasteiger partial charge in [0.25, 0.3) is 0 Å². The van der Waals surface area contributed by atoms with Crippen LogP contribution in [-0.4, -0.2) is 35.1 Å². The van der Waals surface area contributed by atoms with Gasteiger partial charge in [-0.25, -0.2) is 4.98 Å². The zero-order chi connectivity index (χ0) is 13.1. The molecule has 0 saturated carbocycles. The van der Waals surface area contributed by atoms with Crippen molar-refractivity contribution in [1.29, 1.82) is 0 Å². The number of thiophene rings is 1. The van der Waals surface area contributed by atoms with Crippen molar-refractivity contribution in [3.05, 3.63) is 16.7 Å². The molecule has 2 heterocycles. The van der Waals surface area contributed by atoms with Gasteiger partial charge < -0.3 is 4.90 Å². The number of halogens is 1. The highest BCUT2D eigenvalue weighted by molar-refractivity contribution is 7.98. The molecule has 0 aliphatic carbocycles. The second-order valence-corrected chi connectivity index (χ2v) is 6.42. The van der Waals surface area contributed by atoms with Crippen LogP contribution in [0.15, 0.2) is 11.4 Å². The summed E-state index contributed by atoms with van der Waals surface area (Å²) < 4.78 is 0. The summed E-state index contributed by atoms with van der Waals surface area (Å²) in [6.45, 7) is 2.21. The molecule has 6 heteroatoms. The molecule has 2 aromatic heterocycles. The van der Waals surface area contributed by atoms with E-state index in [4.69, 9.17) is 11.6 Å². The molecule has 1 unspecified atom stereocenters. The van der Waals surface area contributed by atoms with Gasteiger partial charge in [-0.05, 0) is 48.4 Å². The normalized spacial score (nSPS) is 12.9. The molecular formula is C12H16ClN3S2. The van der Waals surface area contributed by atoms with Crippen molar-refractivity contribution in [3.63, 3.8) is 0 Å². The van der Waals surface area contributed by atoms with Crippen LogP contribution in [0.1, 0.15) is 13.3 Å². The lowest BCUT2D eigenvalue weighted by Gasteiger charge is -2.26. The van der Waals surface area contributed by atoms with Crippen molar-refractivity contribution in [2.75, 3.05) is 24.0 Å². The van der Waals surface area contributed by atoms with Crippen LogP contribution in [0.25, 0.3) is 10.2 Å². The summed E-state index contributed by atoms with van der Waals surface area (Å²) in [5.41, 5.74) is 0. The van der Waals surface area contributed by atoms with Crippen molar-refractivity contribution in [2.24, 2.45) is 0 Å². The summed E-state index contributed by atoms with van der Waals surface area (Å²) in [5, 5.41) is 3.44. The van der Waals surface area contributed by atoms with Gasteiger partial charge in [0.15, 0.2) is 0 Å². The van der Waals surface area contributed by atoms with Gasteiger partial charge in [0.05, 0.1) is 5.39 Å². The lowest BCUT2D eigenvalue weighted by molar-refractivity contribution is 0.664. The van der Waals surface area contributed by atoms with Gasteiger partial charge in [0, 0.05) is 13.1 Å². The van der Waals surface area contributed by atoms with E-state index in [1.807, 2.05) is 17.1 Å². The Balaban J connectivity index is 2.31. The van der Waals surface area contributed by atoms with Crippen LogP contribution in [0, 0.1) is 0 Å². The molecule has 0 aliphatic heterocycles. The Labute approximate surface area is 121 Å². The Morgan fingerprint density at radius 2 is 2.28 bits per heavy atom. The molecule has 2 rings (SSSR count). The first kappa shape index (κ1) is 13.9. The average Bonchev–Trinajstić information content (AvgIpc) is 2.81. The van der Waals surface area contributed by atoms with Gasteiger partial charge in [-0.3, -0.25) is 0 Å². The second kappa shape index (κ2) is 6.08. The molecule has 0 saturated heterocycles. The fraction of sp³-hybridized carbons (Fsp3) is 0.500. The van der Waals surface area contributed by atoms with Crippen LogP contribution in [0.4, 0.5) is 5.82 Å². The highest BCUT2D eigenvalue weighted by Gasteiger charge is 2.16. The maximum absolute atomic E-state index is 5.99. The van der Waals surface area contributed by atoms with Gasteiger partial charge in [-0.15, -0.1) is 11.3 Å². The number of nitrogens with zero attached hydrogens (tertiary/aromatic N) is 3. The summed E-state index contributed by atoms with van der Waals surface area (Å²) in [5.74, 6) is 2.08. The maximum atomic E-state index is 5.99. The predicted molar refractivity (Wildman–Crippen MR) is 83.3 cm³/mol. The van der Waals surface area contributed by atoms with E-state index in [9.17, 15) is 0 Å². The van der Waals surface area contributed by atoms with Gasteiger partial charge in [0.2, 0.25) is 5.28 Å². The molecule has 98 valence electrons. The van der Waals surface area contributed by atoms with Crippen molar-refractivity contribution >= 4 is 50.7 Å². The molecule has 0 fully saturated rings. The molecule has 0 bridgehead atoms. The molecule has 2 aromatic rings. The minimum atomic E-state index is 0.323. The van der Waals surface area contributed by atoms with E-state index < -0.39 is 0 Å². The zero-order valence-corrected chi connectivity index (χ0v) is 13.1. The highest BCUT2D eigenvalue weighted by atomic mass is 35.5. The third-order valence-electron chi connectivity index (χ3n) is 3.01. The van der Waals surface area contributed by atoms with Crippen molar-refractivity contribution in [3.8, 4) is 0 Å². The first-order chi connectivity index (χ1) is 8.63. The monoisotopic (exact) mass is 301 g/mol. The lowest BCUT2D eigenvalue weighted by Crippen LogP contribution is -2.30.